The maximum atomic E-state index is 13.5. The molecule has 3 rings (SSSR count). The lowest BCUT2D eigenvalue weighted by Crippen LogP contribution is -2.28. The predicted octanol–water partition coefficient (Wildman–Crippen LogP) is 2.81. The lowest BCUT2D eigenvalue weighted by molar-refractivity contribution is -0.118. The first-order chi connectivity index (χ1) is 13.9. The number of nitrogens with zero attached hydrogens (tertiary/aromatic N) is 2. The molecule has 0 aliphatic rings. The number of primary amides is 1. The highest BCUT2D eigenvalue weighted by molar-refractivity contribution is 7.19. The Morgan fingerprint density at radius 3 is 2.66 bits per heavy atom. The molecule has 1 amide bonds. The van der Waals surface area contributed by atoms with Gasteiger partial charge >= 0.3 is 0 Å². The van der Waals surface area contributed by atoms with E-state index in [9.17, 15) is 9.59 Å². The molecule has 0 aliphatic heterocycles. The SMILES string of the molecule is COCCc1nc2sc(C)c(-c3ccc(OC)c(C)c3)c2c(=O)n1CCC(N)=O. The normalized spacial score (nSPS) is 11.2. The minimum absolute atomic E-state index is 0.0766. The Balaban J connectivity index is 2.23. The third kappa shape index (κ3) is 4.18. The van der Waals surface area contributed by atoms with Crippen molar-refractivity contribution in [3.05, 3.63) is 44.8 Å². The molecule has 0 bridgehead atoms. The van der Waals surface area contributed by atoms with Gasteiger partial charge in [-0.05, 0) is 37.1 Å². The molecule has 1 aromatic carbocycles. The molecular formula is C21H25N3O4S. The standard InChI is InChI=1S/C21H25N3O4S/c1-12-11-14(5-6-15(12)28-4)18-13(2)29-20-19(18)21(26)24(9-7-16(22)25)17(23-20)8-10-27-3/h5-6,11H,7-10H2,1-4H3,(H2,22,25). The van der Waals surface area contributed by atoms with Crippen molar-refractivity contribution in [3.8, 4) is 16.9 Å². The summed E-state index contributed by atoms with van der Waals surface area (Å²) in [4.78, 5) is 31.2. The first-order valence-electron chi connectivity index (χ1n) is 9.32. The molecule has 0 fully saturated rings. The molecule has 2 N–H and O–H groups in total. The van der Waals surface area contributed by atoms with Crippen molar-refractivity contribution in [2.75, 3.05) is 20.8 Å². The number of amides is 1. The quantitative estimate of drug-likeness (QED) is 0.610. The molecule has 154 valence electrons. The fraction of sp³-hybridized carbons (Fsp3) is 0.381. The Kier molecular flexibility index (Phi) is 6.34. The number of aromatic nitrogens is 2. The van der Waals surface area contributed by atoms with E-state index in [4.69, 9.17) is 20.2 Å². The Morgan fingerprint density at radius 2 is 2.03 bits per heavy atom. The number of hydrogen-bond acceptors (Lipinski definition) is 6. The van der Waals surface area contributed by atoms with Gasteiger partial charge in [-0.15, -0.1) is 11.3 Å². The van der Waals surface area contributed by atoms with E-state index in [1.165, 1.54) is 11.3 Å². The second-order valence-corrected chi connectivity index (χ2v) is 8.04. The predicted molar refractivity (Wildman–Crippen MR) is 115 cm³/mol. The average molecular weight is 416 g/mol. The summed E-state index contributed by atoms with van der Waals surface area (Å²) >= 11 is 1.50. The largest absolute Gasteiger partial charge is 0.496 e. The zero-order valence-corrected chi connectivity index (χ0v) is 17.9. The number of carbonyl (C=O) groups excluding carboxylic acids is 1. The Morgan fingerprint density at radius 1 is 1.28 bits per heavy atom. The number of rotatable bonds is 8. The van der Waals surface area contributed by atoms with Crippen LogP contribution in [0.15, 0.2) is 23.0 Å². The number of ether oxygens (including phenoxy) is 2. The lowest BCUT2D eigenvalue weighted by atomic mass is 10.0. The summed E-state index contributed by atoms with van der Waals surface area (Å²) in [6.45, 7) is 4.59. The number of thiophene rings is 1. The average Bonchev–Trinajstić information content (AvgIpc) is 3.01. The van der Waals surface area contributed by atoms with Gasteiger partial charge in [0.05, 0.1) is 19.1 Å². The van der Waals surface area contributed by atoms with Gasteiger partial charge in [0.15, 0.2) is 0 Å². The monoisotopic (exact) mass is 415 g/mol. The molecule has 0 saturated carbocycles. The first-order valence-corrected chi connectivity index (χ1v) is 10.1. The summed E-state index contributed by atoms with van der Waals surface area (Å²) in [7, 11) is 3.24. The highest BCUT2D eigenvalue weighted by atomic mass is 32.1. The third-order valence-electron chi connectivity index (χ3n) is 4.86. The maximum Gasteiger partial charge on any atom is 0.262 e. The van der Waals surface area contributed by atoms with Gasteiger partial charge < -0.3 is 15.2 Å². The molecule has 0 radical (unpaired) electrons. The van der Waals surface area contributed by atoms with Crippen molar-refractivity contribution in [2.24, 2.45) is 5.73 Å². The van der Waals surface area contributed by atoms with Crippen molar-refractivity contribution < 1.29 is 14.3 Å². The second-order valence-electron chi connectivity index (χ2n) is 6.84. The van der Waals surface area contributed by atoms with Crippen LogP contribution in [-0.4, -0.2) is 36.3 Å². The van der Waals surface area contributed by atoms with E-state index < -0.39 is 5.91 Å². The maximum absolute atomic E-state index is 13.5. The van der Waals surface area contributed by atoms with Crippen molar-refractivity contribution in [2.45, 2.75) is 33.2 Å². The van der Waals surface area contributed by atoms with E-state index in [0.717, 1.165) is 27.3 Å². The van der Waals surface area contributed by atoms with Crippen LogP contribution in [-0.2, 0) is 22.5 Å². The molecule has 0 atom stereocenters. The highest BCUT2D eigenvalue weighted by Gasteiger charge is 2.20. The van der Waals surface area contributed by atoms with E-state index in [1.54, 1.807) is 18.8 Å². The van der Waals surface area contributed by atoms with Crippen LogP contribution in [0.1, 0.15) is 22.7 Å². The van der Waals surface area contributed by atoms with Crippen molar-refractivity contribution in [1.82, 2.24) is 9.55 Å². The van der Waals surface area contributed by atoms with Gasteiger partial charge in [0, 0.05) is 36.9 Å². The van der Waals surface area contributed by atoms with Crippen LogP contribution in [0.3, 0.4) is 0 Å². The summed E-state index contributed by atoms with van der Waals surface area (Å²) in [6.07, 6.45) is 0.557. The fourth-order valence-corrected chi connectivity index (χ4v) is 4.51. The molecule has 0 spiro atoms. The summed E-state index contributed by atoms with van der Waals surface area (Å²) in [5, 5.41) is 0.572. The van der Waals surface area contributed by atoms with E-state index in [-0.39, 0.29) is 18.5 Å². The van der Waals surface area contributed by atoms with Gasteiger partial charge in [-0.3, -0.25) is 14.2 Å². The number of carbonyl (C=O) groups is 1. The van der Waals surface area contributed by atoms with Gasteiger partial charge in [-0.2, -0.15) is 0 Å². The zero-order valence-electron chi connectivity index (χ0n) is 17.1. The van der Waals surface area contributed by atoms with E-state index in [2.05, 4.69) is 0 Å². The van der Waals surface area contributed by atoms with Gasteiger partial charge in [0.25, 0.3) is 5.56 Å². The van der Waals surface area contributed by atoms with Crippen LogP contribution in [0.5, 0.6) is 5.75 Å². The minimum atomic E-state index is -0.456. The smallest absolute Gasteiger partial charge is 0.262 e. The van der Waals surface area contributed by atoms with Crippen LogP contribution in [0.2, 0.25) is 0 Å². The minimum Gasteiger partial charge on any atom is -0.496 e. The van der Waals surface area contributed by atoms with E-state index >= 15 is 0 Å². The molecule has 0 unspecified atom stereocenters. The van der Waals surface area contributed by atoms with E-state index in [0.29, 0.717) is 29.1 Å². The Bertz CT molecular complexity index is 1120. The van der Waals surface area contributed by atoms with Crippen molar-refractivity contribution in [1.29, 1.82) is 0 Å². The topological polar surface area (TPSA) is 96.4 Å². The van der Waals surface area contributed by atoms with Crippen LogP contribution in [0.25, 0.3) is 21.3 Å². The molecular weight excluding hydrogens is 390 g/mol. The summed E-state index contributed by atoms with van der Waals surface area (Å²) in [6, 6.07) is 5.87. The number of fused-ring (bicyclic) bond motifs is 1. The zero-order chi connectivity index (χ0) is 21.1. The van der Waals surface area contributed by atoms with Crippen molar-refractivity contribution >= 4 is 27.5 Å². The van der Waals surface area contributed by atoms with Crippen molar-refractivity contribution in [3.63, 3.8) is 0 Å². The van der Waals surface area contributed by atoms with Gasteiger partial charge in [0.1, 0.15) is 16.4 Å². The summed E-state index contributed by atoms with van der Waals surface area (Å²) < 4.78 is 12.1. The van der Waals surface area contributed by atoms with Gasteiger partial charge in [-0.1, -0.05) is 6.07 Å². The Labute approximate surface area is 173 Å². The third-order valence-corrected chi connectivity index (χ3v) is 5.86. The number of aryl methyl sites for hydroxylation is 2. The first kappa shape index (κ1) is 21.0. The molecule has 3 aromatic rings. The molecule has 29 heavy (non-hydrogen) atoms. The lowest BCUT2D eigenvalue weighted by Gasteiger charge is -2.12. The van der Waals surface area contributed by atoms with Gasteiger partial charge in [0.2, 0.25) is 5.91 Å². The summed E-state index contributed by atoms with van der Waals surface area (Å²) in [5.74, 6) is 0.941. The number of methoxy groups -OCH3 is 2. The van der Waals surface area contributed by atoms with Crippen LogP contribution < -0.4 is 16.0 Å². The van der Waals surface area contributed by atoms with Crippen LogP contribution >= 0.6 is 11.3 Å². The highest BCUT2D eigenvalue weighted by Crippen LogP contribution is 2.37. The summed E-state index contributed by atoms with van der Waals surface area (Å²) in [5.41, 5.74) is 7.96. The Hall–Kier alpha value is -2.71. The molecule has 0 saturated heterocycles. The van der Waals surface area contributed by atoms with E-state index in [1.807, 2.05) is 32.0 Å². The fourth-order valence-electron chi connectivity index (χ4n) is 3.46. The number of hydrogen-bond donors (Lipinski definition) is 1. The van der Waals surface area contributed by atoms with Crippen LogP contribution in [0, 0.1) is 13.8 Å². The molecule has 8 heteroatoms. The second kappa shape index (κ2) is 8.75. The molecule has 0 aliphatic carbocycles. The van der Waals surface area contributed by atoms with Gasteiger partial charge in [-0.25, -0.2) is 4.98 Å². The number of benzene rings is 1. The number of nitrogens with two attached hydrogens (primary N) is 1. The molecule has 7 nitrogen and oxygen atoms in total. The molecule has 2 heterocycles. The molecule has 2 aromatic heterocycles. The van der Waals surface area contributed by atoms with Crippen LogP contribution in [0.4, 0.5) is 0 Å².